The molecule has 2 rings (SSSR count). The minimum absolute atomic E-state index is 0.143. The first-order valence-corrected chi connectivity index (χ1v) is 10.8. The summed E-state index contributed by atoms with van der Waals surface area (Å²) in [7, 11) is 0.906. The van der Waals surface area contributed by atoms with Crippen molar-refractivity contribution in [3.05, 3.63) is 42.0 Å². The quantitative estimate of drug-likeness (QED) is 0.660. The molecule has 0 bridgehead atoms. The monoisotopic (exact) mass is 421 g/mol. The molecule has 0 aliphatic rings. The Labute approximate surface area is 171 Å². The van der Waals surface area contributed by atoms with Crippen LogP contribution in [0.25, 0.3) is 0 Å². The molecule has 7 nitrogen and oxygen atoms in total. The molecule has 158 valence electrons. The zero-order valence-corrected chi connectivity index (χ0v) is 18.1. The molecule has 0 atom stereocenters. The lowest BCUT2D eigenvalue weighted by molar-refractivity contribution is 0.102. The van der Waals surface area contributed by atoms with Crippen LogP contribution in [0, 0.1) is 0 Å². The van der Waals surface area contributed by atoms with Crippen LogP contribution in [0.1, 0.15) is 37.0 Å². The average molecular weight is 422 g/mol. The van der Waals surface area contributed by atoms with Gasteiger partial charge in [0.25, 0.3) is 5.91 Å². The van der Waals surface area contributed by atoms with Crippen molar-refractivity contribution in [1.82, 2.24) is 0 Å². The number of amides is 1. The third-order valence-electron chi connectivity index (χ3n) is 4.75. The zero-order chi connectivity index (χ0) is 21.6. The standard InChI is InChI=1S/C21H27NO6S/c1-6-15(7-2)29(24,25)16-9-11-19(27-4)18(13-16)22-21(23)17-10-8-14(26-3)12-20(17)28-5/h8-13,15H,6-7H2,1-5H3,(H,22,23). The van der Waals surface area contributed by atoms with E-state index in [1.165, 1.54) is 39.5 Å². The molecule has 0 unspecified atom stereocenters. The molecule has 0 aliphatic carbocycles. The van der Waals surface area contributed by atoms with Crippen molar-refractivity contribution in [3.63, 3.8) is 0 Å². The van der Waals surface area contributed by atoms with E-state index in [2.05, 4.69) is 5.32 Å². The van der Waals surface area contributed by atoms with Gasteiger partial charge in [-0.2, -0.15) is 0 Å². The highest BCUT2D eigenvalue weighted by atomic mass is 32.2. The molecule has 8 heteroatoms. The highest BCUT2D eigenvalue weighted by molar-refractivity contribution is 7.92. The van der Waals surface area contributed by atoms with E-state index < -0.39 is 21.0 Å². The summed E-state index contributed by atoms with van der Waals surface area (Å²) in [6.07, 6.45) is 1.02. The Kier molecular flexibility index (Phi) is 7.50. The molecular formula is C21H27NO6S. The van der Waals surface area contributed by atoms with Crippen molar-refractivity contribution in [2.45, 2.75) is 36.8 Å². The van der Waals surface area contributed by atoms with Crippen LogP contribution in [0.4, 0.5) is 5.69 Å². The Morgan fingerprint density at radius 1 is 0.931 bits per heavy atom. The van der Waals surface area contributed by atoms with Gasteiger partial charge in [0, 0.05) is 6.07 Å². The minimum atomic E-state index is -3.52. The van der Waals surface area contributed by atoms with E-state index in [1.54, 1.807) is 18.2 Å². The van der Waals surface area contributed by atoms with Gasteiger partial charge in [-0.1, -0.05) is 13.8 Å². The average Bonchev–Trinajstić information content (AvgIpc) is 2.73. The number of hydrogen-bond donors (Lipinski definition) is 1. The van der Waals surface area contributed by atoms with Gasteiger partial charge in [0.2, 0.25) is 0 Å². The fourth-order valence-corrected chi connectivity index (χ4v) is 4.86. The molecule has 0 saturated carbocycles. The largest absolute Gasteiger partial charge is 0.497 e. The maximum Gasteiger partial charge on any atom is 0.259 e. The predicted molar refractivity (Wildman–Crippen MR) is 112 cm³/mol. The van der Waals surface area contributed by atoms with E-state index in [-0.39, 0.29) is 16.1 Å². The van der Waals surface area contributed by atoms with Gasteiger partial charge in [-0.3, -0.25) is 4.79 Å². The van der Waals surface area contributed by atoms with Crippen molar-refractivity contribution in [1.29, 1.82) is 0 Å². The minimum Gasteiger partial charge on any atom is -0.497 e. The highest BCUT2D eigenvalue weighted by Crippen LogP contribution is 2.32. The lowest BCUT2D eigenvalue weighted by Gasteiger charge is -2.17. The third-order valence-corrected chi connectivity index (χ3v) is 7.21. The van der Waals surface area contributed by atoms with E-state index in [0.717, 1.165) is 0 Å². The molecule has 1 N–H and O–H groups in total. The number of carbonyl (C=O) groups excluding carboxylic acids is 1. The summed E-state index contributed by atoms with van der Waals surface area (Å²) in [6.45, 7) is 3.68. The van der Waals surface area contributed by atoms with Crippen LogP contribution >= 0.6 is 0 Å². The molecular weight excluding hydrogens is 394 g/mol. The molecule has 0 aromatic heterocycles. The Hall–Kier alpha value is -2.74. The smallest absolute Gasteiger partial charge is 0.259 e. The lowest BCUT2D eigenvalue weighted by atomic mass is 10.1. The van der Waals surface area contributed by atoms with Crippen LogP contribution in [0.15, 0.2) is 41.3 Å². The number of methoxy groups -OCH3 is 3. The molecule has 0 fully saturated rings. The Morgan fingerprint density at radius 3 is 2.14 bits per heavy atom. The van der Waals surface area contributed by atoms with Crippen LogP contribution in [0.5, 0.6) is 17.2 Å². The van der Waals surface area contributed by atoms with E-state index in [9.17, 15) is 13.2 Å². The SMILES string of the molecule is CCC(CC)S(=O)(=O)c1ccc(OC)c(NC(=O)c2ccc(OC)cc2OC)c1. The summed E-state index contributed by atoms with van der Waals surface area (Å²) >= 11 is 0. The number of rotatable bonds is 9. The third kappa shape index (κ3) is 4.82. The topological polar surface area (TPSA) is 90.9 Å². The second-order valence-corrected chi connectivity index (χ2v) is 8.59. The van der Waals surface area contributed by atoms with Gasteiger partial charge in [-0.25, -0.2) is 8.42 Å². The first-order valence-electron chi connectivity index (χ1n) is 9.27. The second-order valence-electron chi connectivity index (χ2n) is 6.37. The molecule has 29 heavy (non-hydrogen) atoms. The summed E-state index contributed by atoms with van der Waals surface area (Å²) in [6, 6.07) is 9.28. The van der Waals surface area contributed by atoms with E-state index in [1.807, 2.05) is 13.8 Å². The Bertz CT molecular complexity index is 967. The summed E-state index contributed by atoms with van der Waals surface area (Å²) < 4.78 is 41.5. The van der Waals surface area contributed by atoms with Crippen molar-refractivity contribution in [2.24, 2.45) is 0 Å². The number of anilines is 1. The van der Waals surface area contributed by atoms with Crippen molar-refractivity contribution in [2.75, 3.05) is 26.6 Å². The number of sulfone groups is 1. The van der Waals surface area contributed by atoms with Crippen LogP contribution in [-0.2, 0) is 9.84 Å². The fraction of sp³-hybridized carbons (Fsp3) is 0.381. The van der Waals surface area contributed by atoms with Crippen LogP contribution in [0.2, 0.25) is 0 Å². The van der Waals surface area contributed by atoms with Crippen molar-refractivity contribution >= 4 is 21.4 Å². The summed E-state index contributed by atoms with van der Waals surface area (Å²) in [5.74, 6) is 0.782. The number of ether oxygens (including phenoxy) is 3. The maximum absolute atomic E-state index is 12.9. The number of hydrogen-bond acceptors (Lipinski definition) is 6. The lowest BCUT2D eigenvalue weighted by Crippen LogP contribution is -2.20. The van der Waals surface area contributed by atoms with Gasteiger partial charge in [-0.15, -0.1) is 0 Å². The van der Waals surface area contributed by atoms with Gasteiger partial charge in [0.1, 0.15) is 17.2 Å². The number of benzene rings is 2. The van der Waals surface area contributed by atoms with E-state index >= 15 is 0 Å². The summed E-state index contributed by atoms with van der Waals surface area (Å²) in [5.41, 5.74) is 0.547. The first kappa shape index (κ1) is 22.5. The first-order chi connectivity index (χ1) is 13.8. The van der Waals surface area contributed by atoms with E-state index in [4.69, 9.17) is 14.2 Å². The Balaban J connectivity index is 2.43. The number of nitrogens with one attached hydrogen (secondary N) is 1. The predicted octanol–water partition coefficient (Wildman–Crippen LogP) is 3.93. The van der Waals surface area contributed by atoms with Gasteiger partial charge in [0.05, 0.1) is 42.7 Å². The molecule has 0 saturated heterocycles. The van der Waals surface area contributed by atoms with Crippen LogP contribution in [0.3, 0.4) is 0 Å². The van der Waals surface area contributed by atoms with Gasteiger partial charge < -0.3 is 19.5 Å². The van der Waals surface area contributed by atoms with Gasteiger partial charge in [-0.05, 0) is 43.2 Å². The Morgan fingerprint density at radius 2 is 1.59 bits per heavy atom. The van der Waals surface area contributed by atoms with Crippen molar-refractivity contribution < 1.29 is 27.4 Å². The maximum atomic E-state index is 12.9. The van der Waals surface area contributed by atoms with Crippen LogP contribution < -0.4 is 19.5 Å². The van der Waals surface area contributed by atoms with Crippen molar-refractivity contribution in [3.8, 4) is 17.2 Å². The van der Waals surface area contributed by atoms with Gasteiger partial charge >= 0.3 is 0 Å². The normalized spacial score (nSPS) is 11.2. The molecule has 0 aliphatic heterocycles. The fourth-order valence-electron chi connectivity index (χ4n) is 3.06. The molecule has 1 amide bonds. The molecule has 2 aromatic carbocycles. The molecule has 2 aromatic rings. The molecule has 0 radical (unpaired) electrons. The highest BCUT2D eigenvalue weighted by Gasteiger charge is 2.26. The second kappa shape index (κ2) is 9.65. The number of carbonyl (C=O) groups is 1. The molecule has 0 spiro atoms. The van der Waals surface area contributed by atoms with Crippen LogP contribution in [-0.4, -0.2) is 40.9 Å². The van der Waals surface area contributed by atoms with Gasteiger partial charge in [0.15, 0.2) is 9.84 Å². The zero-order valence-electron chi connectivity index (χ0n) is 17.3. The summed E-state index contributed by atoms with van der Waals surface area (Å²) in [5, 5.41) is 2.24. The summed E-state index contributed by atoms with van der Waals surface area (Å²) in [4.78, 5) is 13.0. The van der Waals surface area contributed by atoms with E-state index in [0.29, 0.717) is 30.1 Å². The molecule has 0 heterocycles.